The van der Waals surface area contributed by atoms with Crippen molar-refractivity contribution in [2.24, 2.45) is 0 Å². The average Bonchev–Trinajstić information content (AvgIpc) is 2.74. The van der Waals surface area contributed by atoms with Crippen molar-refractivity contribution in [1.82, 2.24) is 5.32 Å². The van der Waals surface area contributed by atoms with Crippen LogP contribution in [0, 0.1) is 0 Å². The second-order valence-corrected chi connectivity index (χ2v) is 6.83. The van der Waals surface area contributed by atoms with Gasteiger partial charge in [-0.25, -0.2) is 0 Å². The summed E-state index contributed by atoms with van der Waals surface area (Å²) in [6.07, 6.45) is 6.48. The first-order valence-electron chi connectivity index (χ1n) is 8.79. The number of Topliss-reactive ketones (excluding diaryl/α,β-unsaturated/α-hetero) is 1. The maximum Gasteiger partial charge on any atom is 0.164 e. The van der Waals surface area contributed by atoms with Crippen LogP contribution in [0.4, 0.5) is 0 Å². The molecule has 2 nitrogen and oxygen atoms in total. The number of carbonyl (C=O) groups excluding carboxylic acids is 1. The van der Waals surface area contributed by atoms with Crippen molar-refractivity contribution in [3.63, 3.8) is 0 Å². The maximum absolute atomic E-state index is 12.7. The van der Waals surface area contributed by atoms with Crippen molar-refractivity contribution in [1.29, 1.82) is 0 Å². The van der Waals surface area contributed by atoms with Gasteiger partial charge < -0.3 is 5.32 Å². The molecule has 1 saturated heterocycles. The number of nitrogens with one attached hydrogen (secondary N) is 1. The fourth-order valence-electron chi connectivity index (χ4n) is 3.94. The molecular formula is C21H23NO. The van der Waals surface area contributed by atoms with Crippen molar-refractivity contribution in [2.45, 2.75) is 44.6 Å². The Morgan fingerprint density at radius 2 is 1.87 bits per heavy atom. The molecule has 1 N–H and O–H groups in total. The van der Waals surface area contributed by atoms with Gasteiger partial charge in [-0.1, -0.05) is 49.2 Å². The van der Waals surface area contributed by atoms with Gasteiger partial charge in [0.15, 0.2) is 5.78 Å². The van der Waals surface area contributed by atoms with Gasteiger partial charge in [-0.2, -0.15) is 0 Å². The Kier molecular flexibility index (Phi) is 4.00. The lowest BCUT2D eigenvalue weighted by Gasteiger charge is -2.15. The predicted molar refractivity (Wildman–Crippen MR) is 93.9 cm³/mol. The van der Waals surface area contributed by atoms with E-state index in [1.807, 2.05) is 6.07 Å². The summed E-state index contributed by atoms with van der Waals surface area (Å²) < 4.78 is 0. The molecule has 118 valence electrons. The van der Waals surface area contributed by atoms with Crippen LogP contribution in [0.3, 0.4) is 0 Å². The van der Waals surface area contributed by atoms with E-state index in [-0.39, 0.29) is 5.78 Å². The number of hydrogen-bond donors (Lipinski definition) is 1. The predicted octanol–water partition coefficient (Wildman–Crippen LogP) is 4.36. The fraction of sp³-hybridized carbons (Fsp3) is 0.381. The Bertz CT molecular complexity index is 726. The Labute approximate surface area is 137 Å². The molecule has 1 atom stereocenters. The Hall–Kier alpha value is -1.93. The quantitative estimate of drug-likeness (QED) is 0.728. The third-order valence-electron chi connectivity index (χ3n) is 5.21. The molecule has 0 bridgehead atoms. The molecule has 1 fully saturated rings. The molecule has 2 aromatic carbocycles. The molecule has 1 heterocycles. The molecule has 0 aromatic heterocycles. The third kappa shape index (κ3) is 2.96. The zero-order valence-corrected chi connectivity index (χ0v) is 13.5. The first-order valence-corrected chi connectivity index (χ1v) is 8.79. The normalized spacial score (nSPS) is 19.7. The molecule has 2 heteroatoms. The largest absolute Gasteiger partial charge is 0.314 e. The summed E-state index contributed by atoms with van der Waals surface area (Å²) in [5.41, 5.74) is 6.17. The van der Waals surface area contributed by atoms with Crippen LogP contribution >= 0.6 is 0 Å². The minimum atomic E-state index is 0.281. The summed E-state index contributed by atoms with van der Waals surface area (Å²) in [5, 5.41) is 3.53. The number of hydrogen-bond acceptors (Lipinski definition) is 2. The molecule has 0 radical (unpaired) electrons. The lowest BCUT2D eigenvalue weighted by atomic mass is 9.97. The van der Waals surface area contributed by atoms with Crippen LogP contribution in [-0.4, -0.2) is 18.4 Å². The van der Waals surface area contributed by atoms with Gasteiger partial charge >= 0.3 is 0 Å². The number of benzene rings is 2. The second-order valence-electron chi connectivity index (χ2n) is 6.83. The highest BCUT2D eigenvalue weighted by molar-refractivity contribution is 5.97. The first-order chi connectivity index (χ1) is 11.3. The molecule has 4 rings (SSSR count). The number of fused-ring (bicyclic) bond motifs is 3. The van der Waals surface area contributed by atoms with Crippen LogP contribution in [0.15, 0.2) is 42.5 Å². The van der Waals surface area contributed by atoms with Gasteiger partial charge in [0.05, 0.1) is 0 Å². The van der Waals surface area contributed by atoms with Crippen molar-refractivity contribution >= 4 is 5.78 Å². The molecule has 1 unspecified atom stereocenters. The second kappa shape index (κ2) is 6.29. The lowest BCUT2D eigenvalue weighted by Crippen LogP contribution is -2.30. The average molecular weight is 305 g/mol. The van der Waals surface area contributed by atoms with E-state index in [1.165, 1.54) is 41.5 Å². The van der Waals surface area contributed by atoms with Crippen LogP contribution in [0.1, 0.15) is 53.6 Å². The molecule has 1 aliphatic heterocycles. The highest BCUT2D eigenvalue weighted by Gasteiger charge is 2.21. The zero-order valence-electron chi connectivity index (χ0n) is 13.5. The van der Waals surface area contributed by atoms with E-state index in [1.54, 1.807) is 0 Å². The summed E-state index contributed by atoms with van der Waals surface area (Å²) in [6.45, 7) is 1.05. The summed E-state index contributed by atoms with van der Waals surface area (Å²) in [6, 6.07) is 15.2. The minimum absolute atomic E-state index is 0.281. The van der Waals surface area contributed by atoms with Crippen molar-refractivity contribution in [2.75, 3.05) is 6.54 Å². The minimum Gasteiger partial charge on any atom is -0.314 e. The van der Waals surface area contributed by atoms with Crippen LogP contribution in [0.5, 0.6) is 0 Å². The number of rotatable bonds is 3. The van der Waals surface area contributed by atoms with Gasteiger partial charge in [-0.15, -0.1) is 0 Å². The standard InChI is InChI=1S/C21H23NO/c23-21(14-18-7-2-1-5-11-22-18)16-9-10-20-17(13-16)12-15-6-3-4-8-19(15)20/h3-4,6,8-10,13,18,22H,1-2,5,7,11-12,14H2. The van der Waals surface area contributed by atoms with Crippen LogP contribution in [0.25, 0.3) is 11.1 Å². The molecule has 0 amide bonds. The highest BCUT2D eigenvalue weighted by Crippen LogP contribution is 2.36. The SMILES string of the molecule is O=C(CC1CCCCCN1)c1ccc2c(c1)Cc1ccccc1-2. The Morgan fingerprint density at radius 3 is 2.83 bits per heavy atom. The van der Waals surface area contributed by atoms with Crippen LogP contribution in [-0.2, 0) is 6.42 Å². The molecule has 0 saturated carbocycles. The van der Waals surface area contributed by atoms with Gasteiger partial charge in [-0.05, 0) is 54.1 Å². The van der Waals surface area contributed by atoms with E-state index in [0.717, 1.165) is 24.9 Å². The van der Waals surface area contributed by atoms with Crippen molar-refractivity contribution < 1.29 is 4.79 Å². The Morgan fingerprint density at radius 1 is 1.00 bits per heavy atom. The summed E-state index contributed by atoms with van der Waals surface area (Å²) >= 11 is 0. The monoisotopic (exact) mass is 305 g/mol. The molecule has 23 heavy (non-hydrogen) atoms. The van der Waals surface area contributed by atoms with E-state index in [4.69, 9.17) is 0 Å². The number of ketones is 1. The molecule has 2 aromatic rings. The summed E-state index contributed by atoms with van der Waals surface area (Å²) in [4.78, 5) is 12.7. The third-order valence-corrected chi connectivity index (χ3v) is 5.21. The Balaban J connectivity index is 1.52. The summed E-state index contributed by atoms with van der Waals surface area (Å²) in [5.74, 6) is 0.281. The van der Waals surface area contributed by atoms with E-state index in [2.05, 4.69) is 41.7 Å². The fourth-order valence-corrected chi connectivity index (χ4v) is 3.94. The zero-order chi connectivity index (χ0) is 15.6. The highest BCUT2D eigenvalue weighted by atomic mass is 16.1. The molecular weight excluding hydrogens is 282 g/mol. The van der Waals surface area contributed by atoms with Crippen LogP contribution in [0.2, 0.25) is 0 Å². The van der Waals surface area contributed by atoms with Gasteiger partial charge in [-0.3, -0.25) is 4.79 Å². The lowest BCUT2D eigenvalue weighted by molar-refractivity contribution is 0.0968. The van der Waals surface area contributed by atoms with E-state index in [9.17, 15) is 4.79 Å². The van der Waals surface area contributed by atoms with E-state index < -0.39 is 0 Å². The van der Waals surface area contributed by atoms with Gasteiger partial charge in [0.1, 0.15) is 0 Å². The van der Waals surface area contributed by atoms with E-state index in [0.29, 0.717) is 12.5 Å². The van der Waals surface area contributed by atoms with Crippen molar-refractivity contribution in [3.8, 4) is 11.1 Å². The van der Waals surface area contributed by atoms with E-state index >= 15 is 0 Å². The maximum atomic E-state index is 12.7. The molecule has 0 spiro atoms. The molecule has 2 aliphatic rings. The van der Waals surface area contributed by atoms with Crippen molar-refractivity contribution in [3.05, 3.63) is 59.2 Å². The smallest absolute Gasteiger partial charge is 0.164 e. The first kappa shape index (κ1) is 14.6. The van der Waals surface area contributed by atoms with Gasteiger partial charge in [0.25, 0.3) is 0 Å². The van der Waals surface area contributed by atoms with Gasteiger partial charge in [0.2, 0.25) is 0 Å². The topological polar surface area (TPSA) is 29.1 Å². The molecule has 1 aliphatic carbocycles. The summed E-state index contributed by atoms with van der Waals surface area (Å²) in [7, 11) is 0. The van der Waals surface area contributed by atoms with Crippen LogP contribution < -0.4 is 5.32 Å². The van der Waals surface area contributed by atoms with Gasteiger partial charge in [0, 0.05) is 18.0 Å². The number of carbonyl (C=O) groups is 1.